The molecule has 1 saturated carbocycles. The number of amides is 1. The first-order valence-electron chi connectivity index (χ1n) is 6.64. The second-order valence-electron chi connectivity index (χ2n) is 5.36. The highest BCUT2D eigenvalue weighted by molar-refractivity contribution is 5.85. The lowest BCUT2D eigenvalue weighted by molar-refractivity contribution is -0.151. The summed E-state index contributed by atoms with van der Waals surface area (Å²) in [6.45, 7) is 0.442. The number of hydrogen-bond donors (Lipinski definition) is 2. The molecule has 0 aliphatic heterocycles. The fourth-order valence-corrected chi connectivity index (χ4v) is 2.76. The van der Waals surface area contributed by atoms with Crippen molar-refractivity contribution in [1.82, 2.24) is 9.88 Å². The van der Waals surface area contributed by atoms with Crippen molar-refractivity contribution in [1.29, 1.82) is 0 Å². The summed E-state index contributed by atoms with van der Waals surface area (Å²) in [5, 5.41) is 12.1. The highest BCUT2D eigenvalue weighted by Crippen LogP contribution is 2.41. The molecule has 1 amide bonds. The average molecular weight is 264 g/mol. The molecule has 0 bridgehead atoms. The lowest BCUT2D eigenvalue weighted by atomic mass is 9.82. The predicted molar refractivity (Wildman–Crippen MR) is 70.4 cm³/mol. The Morgan fingerprint density at radius 3 is 2.63 bits per heavy atom. The molecule has 5 nitrogen and oxygen atoms in total. The van der Waals surface area contributed by atoms with Crippen LogP contribution in [0.1, 0.15) is 37.8 Å². The second-order valence-corrected chi connectivity index (χ2v) is 5.36. The van der Waals surface area contributed by atoms with Gasteiger partial charge in [-0.15, -0.1) is 0 Å². The SMILES string of the molecule is Cn1cccc1CNC(=O)CC1(C(=O)O)CCCC1. The topological polar surface area (TPSA) is 71.3 Å². The minimum Gasteiger partial charge on any atom is -0.481 e. The van der Waals surface area contributed by atoms with Gasteiger partial charge in [0.15, 0.2) is 0 Å². The highest BCUT2D eigenvalue weighted by atomic mass is 16.4. The smallest absolute Gasteiger partial charge is 0.310 e. The van der Waals surface area contributed by atoms with Gasteiger partial charge in [0.1, 0.15) is 0 Å². The average Bonchev–Trinajstić information content (AvgIpc) is 2.97. The van der Waals surface area contributed by atoms with Gasteiger partial charge in [-0.25, -0.2) is 0 Å². The largest absolute Gasteiger partial charge is 0.481 e. The van der Waals surface area contributed by atoms with Crippen LogP contribution in [0.4, 0.5) is 0 Å². The fourth-order valence-electron chi connectivity index (χ4n) is 2.76. The number of aryl methyl sites for hydroxylation is 1. The summed E-state index contributed by atoms with van der Waals surface area (Å²) in [5.74, 6) is -1.01. The van der Waals surface area contributed by atoms with Gasteiger partial charge >= 0.3 is 5.97 Å². The zero-order valence-electron chi connectivity index (χ0n) is 11.2. The van der Waals surface area contributed by atoms with E-state index in [1.54, 1.807) is 0 Å². The molecule has 5 heteroatoms. The van der Waals surface area contributed by atoms with Crippen LogP contribution in [0.15, 0.2) is 18.3 Å². The van der Waals surface area contributed by atoms with E-state index in [0.717, 1.165) is 18.5 Å². The van der Waals surface area contributed by atoms with E-state index in [1.165, 1.54) is 0 Å². The molecule has 0 saturated heterocycles. The summed E-state index contributed by atoms with van der Waals surface area (Å²) in [5.41, 5.74) is 0.169. The van der Waals surface area contributed by atoms with E-state index in [1.807, 2.05) is 29.9 Å². The first-order chi connectivity index (χ1) is 9.03. The number of nitrogens with one attached hydrogen (secondary N) is 1. The van der Waals surface area contributed by atoms with E-state index >= 15 is 0 Å². The van der Waals surface area contributed by atoms with Gasteiger partial charge < -0.3 is 15.0 Å². The summed E-state index contributed by atoms with van der Waals surface area (Å²) in [6.07, 6.45) is 5.03. The van der Waals surface area contributed by atoms with Crippen LogP contribution >= 0.6 is 0 Å². The van der Waals surface area contributed by atoms with Crippen LogP contribution in [-0.2, 0) is 23.2 Å². The van der Waals surface area contributed by atoms with Crippen LogP contribution in [0.3, 0.4) is 0 Å². The van der Waals surface area contributed by atoms with Gasteiger partial charge in [-0.3, -0.25) is 9.59 Å². The number of carboxylic acid groups (broad SMARTS) is 1. The number of rotatable bonds is 5. The Balaban J connectivity index is 1.90. The third kappa shape index (κ3) is 2.97. The lowest BCUT2D eigenvalue weighted by Gasteiger charge is -2.22. The van der Waals surface area contributed by atoms with E-state index in [-0.39, 0.29) is 12.3 Å². The van der Waals surface area contributed by atoms with Crippen molar-refractivity contribution in [2.75, 3.05) is 0 Å². The van der Waals surface area contributed by atoms with E-state index in [0.29, 0.717) is 19.4 Å². The zero-order valence-corrected chi connectivity index (χ0v) is 11.2. The van der Waals surface area contributed by atoms with E-state index in [9.17, 15) is 14.7 Å². The molecule has 104 valence electrons. The number of carboxylic acids is 1. The van der Waals surface area contributed by atoms with Crippen LogP contribution < -0.4 is 5.32 Å². The van der Waals surface area contributed by atoms with Crippen LogP contribution in [0, 0.1) is 5.41 Å². The van der Waals surface area contributed by atoms with Crippen molar-refractivity contribution >= 4 is 11.9 Å². The Labute approximate surface area is 112 Å². The molecule has 1 aliphatic carbocycles. The molecule has 19 heavy (non-hydrogen) atoms. The van der Waals surface area contributed by atoms with Gasteiger partial charge in [0.25, 0.3) is 0 Å². The van der Waals surface area contributed by atoms with E-state index in [2.05, 4.69) is 5.32 Å². The molecule has 2 rings (SSSR count). The van der Waals surface area contributed by atoms with Crippen molar-refractivity contribution in [3.63, 3.8) is 0 Å². The van der Waals surface area contributed by atoms with Crippen LogP contribution in [-0.4, -0.2) is 21.6 Å². The monoisotopic (exact) mass is 264 g/mol. The normalized spacial score (nSPS) is 17.3. The highest BCUT2D eigenvalue weighted by Gasteiger charge is 2.42. The van der Waals surface area contributed by atoms with Crippen molar-refractivity contribution in [2.24, 2.45) is 12.5 Å². The van der Waals surface area contributed by atoms with Crippen molar-refractivity contribution in [3.05, 3.63) is 24.0 Å². The molecular formula is C14H20N2O3. The molecule has 2 N–H and O–H groups in total. The number of aromatic nitrogens is 1. The zero-order chi connectivity index (χ0) is 13.9. The van der Waals surface area contributed by atoms with E-state index < -0.39 is 11.4 Å². The Bertz CT molecular complexity index is 473. The van der Waals surface area contributed by atoms with Gasteiger partial charge in [-0.1, -0.05) is 12.8 Å². The fraction of sp³-hybridized carbons (Fsp3) is 0.571. The van der Waals surface area contributed by atoms with Crippen LogP contribution in [0.2, 0.25) is 0 Å². The summed E-state index contributed by atoms with van der Waals surface area (Å²) < 4.78 is 1.93. The maximum Gasteiger partial charge on any atom is 0.310 e. The second kappa shape index (κ2) is 5.47. The van der Waals surface area contributed by atoms with Gasteiger partial charge in [0.05, 0.1) is 12.0 Å². The molecule has 0 radical (unpaired) electrons. The number of nitrogens with zero attached hydrogens (tertiary/aromatic N) is 1. The van der Waals surface area contributed by atoms with Crippen molar-refractivity contribution in [3.8, 4) is 0 Å². The van der Waals surface area contributed by atoms with E-state index in [4.69, 9.17) is 0 Å². The molecule has 0 spiro atoms. The Morgan fingerprint density at radius 2 is 2.11 bits per heavy atom. The third-order valence-electron chi connectivity index (χ3n) is 4.03. The molecule has 0 unspecified atom stereocenters. The molecule has 1 fully saturated rings. The van der Waals surface area contributed by atoms with Crippen LogP contribution in [0.25, 0.3) is 0 Å². The Morgan fingerprint density at radius 1 is 1.42 bits per heavy atom. The summed E-state index contributed by atoms with van der Waals surface area (Å²) in [7, 11) is 1.91. The summed E-state index contributed by atoms with van der Waals surface area (Å²) >= 11 is 0. The van der Waals surface area contributed by atoms with Crippen LogP contribution in [0.5, 0.6) is 0 Å². The van der Waals surface area contributed by atoms with Gasteiger partial charge in [-0.05, 0) is 25.0 Å². The first-order valence-corrected chi connectivity index (χ1v) is 6.64. The van der Waals surface area contributed by atoms with Gasteiger partial charge in [0.2, 0.25) is 5.91 Å². The molecular weight excluding hydrogens is 244 g/mol. The lowest BCUT2D eigenvalue weighted by Crippen LogP contribution is -2.35. The maximum atomic E-state index is 11.9. The van der Waals surface area contributed by atoms with Gasteiger partial charge in [0, 0.05) is 25.4 Å². The molecule has 0 aromatic carbocycles. The Hall–Kier alpha value is -1.78. The molecule has 1 heterocycles. The maximum absolute atomic E-state index is 11.9. The molecule has 1 aromatic rings. The number of carbonyl (C=O) groups excluding carboxylic acids is 1. The summed E-state index contributed by atoms with van der Waals surface area (Å²) in [6, 6.07) is 3.85. The predicted octanol–water partition coefficient (Wildman–Crippen LogP) is 1.68. The molecule has 1 aromatic heterocycles. The summed E-state index contributed by atoms with van der Waals surface area (Å²) in [4.78, 5) is 23.3. The molecule has 0 atom stereocenters. The Kier molecular flexibility index (Phi) is 3.93. The standard InChI is InChI=1S/C14H20N2O3/c1-16-8-4-5-11(16)10-15-12(17)9-14(13(18)19)6-2-3-7-14/h4-5,8H,2-3,6-7,9-10H2,1H3,(H,15,17)(H,18,19). The van der Waals surface area contributed by atoms with Crippen molar-refractivity contribution in [2.45, 2.75) is 38.6 Å². The molecule has 1 aliphatic rings. The van der Waals surface area contributed by atoms with Crippen molar-refractivity contribution < 1.29 is 14.7 Å². The first kappa shape index (κ1) is 13.6. The minimum absolute atomic E-state index is 0.0900. The minimum atomic E-state index is -0.835. The number of hydrogen-bond acceptors (Lipinski definition) is 2. The third-order valence-corrected chi connectivity index (χ3v) is 4.03. The number of carbonyl (C=O) groups is 2. The van der Waals surface area contributed by atoms with Gasteiger partial charge in [-0.2, -0.15) is 0 Å². The quantitative estimate of drug-likeness (QED) is 0.850. The number of aliphatic carboxylic acids is 1.